The number of carboxylic acids is 3. The van der Waals surface area contributed by atoms with Gasteiger partial charge in [0.05, 0.1) is 17.9 Å². The lowest BCUT2D eigenvalue weighted by Gasteiger charge is -2.25. The first-order chi connectivity index (χ1) is 32.5. The summed E-state index contributed by atoms with van der Waals surface area (Å²) in [4.78, 5) is 118. The van der Waals surface area contributed by atoms with Gasteiger partial charge in [0.1, 0.15) is 36.0 Å². The molecule has 0 spiro atoms. The third kappa shape index (κ3) is 16.8. The molecule has 3 aromatic carbocycles. The maximum Gasteiger partial charge on any atom is 0.305 e. The van der Waals surface area contributed by atoms with Crippen LogP contribution in [0, 0.1) is 5.82 Å². The van der Waals surface area contributed by atoms with Gasteiger partial charge in [0.25, 0.3) is 0 Å². The first-order valence-corrected chi connectivity index (χ1v) is 22.9. The molecule has 4 aromatic rings. The number of aromatic amines is 1. The van der Waals surface area contributed by atoms with Crippen molar-refractivity contribution < 1.29 is 71.3 Å². The average molecular weight is 981 g/mol. The molecule has 69 heavy (non-hydrogen) atoms. The molecule has 1 heterocycles. The zero-order valence-corrected chi connectivity index (χ0v) is 38.1. The molecule has 370 valence electrons. The fourth-order valence-electron chi connectivity index (χ4n) is 6.93. The Kier molecular flexibility index (Phi) is 19.4. The molecule has 24 heteroatoms. The van der Waals surface area contributed by atoms with Crippen molar-refractivity contribution in [2.45, 2.75) is 99.8 Å². The van der Waals surface area contributed by atoms with E-state index in [1.807, 2.05) is 18.6 Å². The number of rotatable bonds is 27. The number of nitrogens with two attached hydrogens (primary N) is 1. The summed E-state index contributed by atoms with van der Waals surface area (Å²) in [6, 6.07) is 9.13. The summed E-state index contributed by atoms with van der Waals surface area (Å²) >= 11 is 0. The predicted octanol–water partition coefficient (Wildman–Crippen LogP) is 0.308. The molecule has 6 amide bonds. The second kappa shape index (κ2) is 24.9. The molecule has 0 aliphatic carbocycles. The minimum atomic E-state index is -4.53. The van der Waals surface area contributed by atoms with Crippen LogP contribution in [0.3, 0.4) is 0 Å². The Morgan fingerprint density at radius 3 is 1.84 bits per heavy atom. The number of carbonyl (C=O) groups excluding carboxylic acids is 6. The highest BCUT2D eigenvalue weighted by Gasteiger charge is 2.33. The summed E-state index contributed by atoms with van der Waals surface area (Å²) in [6.07, 6.45) is -2.41. The van der Waals surface area contributed by atoms with Crippen LogP contribution < -0.4 is 37.0 Å². The third-order valence-corrected chi connectivity index (χ3v) is 12.1. The maximum absolute atomic E-state index is 14.3. The second-order valence-corrected chi connectivity index (χ2v) is 17.9. The number of H-pyrrole nitrogens is 1. The van der Waals surface area contributed by atoms with E-state index < -0.39 is 138 Å². The largest absolute Gasteiger partial charge is 0.481 e. The Bertz CT molecular complexity index is 2660. The highest BCUT2D eigenvalue weighted by atomic mass is 32.2. The van der Waals surface area contributed by atoms with Crippen molar-refractivity contribution in [3.63, 3.8) is 0 Å². The number of hydrogen-bond donors (Lipinski definition) is 11. The summed E-state index contributed by atoms with van der Waals surface area (Å²) in [6.45, 7) is 2.81. The van der Waals surface area contributed by atoms with Crippen molar-refractivity contribution in [2.24, 2.45) is 5.73 Å². The minimum absolute atomic E-state index is 0.0475. The number of fused-ring (bicyclic) bond motifs is 1. The lowest BCUT2D eigenvalue weighted by Crippen LogP contribution is -2.58. The molecule has 0 aliphatic heterocycles. The number of carbonyl (C=O) groups is 9. The van der Waals surface area contributed by atoms with E-state index in [4.69, 9.17) is 5.73 Å². The van der Waals surface area contributed by atoms with Crippen molar-refractivity contribution in [2.75, 3.05) is 6.54 Å². The highest BCUT2D eigenvalue weighted by Crippen LogP contribution is 2.21. The van der Waals surface area contributed by atoms with E-state index >= 15 is 0 Å². The molecule has 5 atom stereocenters. The van der Waals surface area contributed by atoms with Gasteiger partial charge in [0.2, 0.25) is 45.5 Å². The second-order valence-electron chi connectivity index (χ2n) is 16.2. The number of sulfonamides is 1. The monoisotopic (exact) mass is 980 g/mol. The normalized spacial score (nSPS) is 13.5. The zero-order chi connectivity index (χ0) is 51.0. The van der Waals surface area contributed by atoms with Gasteiger partial charge in [0, 0.05) is 42.8 Å². The highest BCUT2D eigenvalue weighted by molar-refractivity contribution is 7.89. The summed E-state index contributed by atoms with van der Waals surface area (Å²) in [7, 11) is -4.53. The van der Waals surface area contributed by atoms with Crippen molar-refractivity contribution in [3.8, 4) is 0 Å². The van der Waals surface area contributed by atoms with E-state index in [1.54, 1.807) is 30.5 Å². The topological polar surface area (TPSA) is 362 Å². The van der Waals surface area contributed by atoms with Gasteiger partial charge < -0.3 is 52.6 Å². The number of aliphatic carboxylic acids is 3. The number of carboxylic acid groups (broad SMARTS) is 3. The van der Waals surface area contributed by atoms with Crippen LogP contribution in [0.5, 0.6) is 0 Å². The quantitative estimate of drug-likeness (QED) is 0.0383. The van der Waals surface area contributed by atoms with Gasteiger partial charge in [-0.3, -0.25) is 43.2 Å². The number of aromatic nitrogens is 1. The van der Waals surface area contributed by atoms with Gasteiger partial charge in [-0.25, -0.2) is 12.8 Å². The SMILES string of the molecule is CC(C)c1ccc(S(=O)(=O)N[C@H](CC(=O)O)C(=O)N[C@@H](CCC(=O)O)C(=O)NCC(=O)N[C@@H](Cc2cccc(F)c2)C(=O)N[C@@H](Cc2c[nH]c3ccccc23)C(=O)N[C@@H](CCC(=O)O)C(N)=O)cc1. The standard InChI is InChI=1S/C45H53FN8O14S/c1-24(2)26-10-12-29(13-11-26)69(67,68)54-36(21-40(60)61)45(66)52-33(15-17-39(58)59)42(63)49-23-37(55)50-34(19-25-6-5-7-28(46)18-25)43(64)53-35(20-27-22-48-31-9-4-3-8-30(27)31)44(65)51-32(41(47)62)14-16-38(56)57/h3-13,18,22,24,32-36,48,54H,14-17,19-21,23H2,1-2H3,(H2,47,62)(H,49,63)(H,50,55)(H,51,65)(H,52,66)(H,53,64)(H,56,57)(H,58,59)(H,60,61)/t32-,33-,34-,35-,36+/m0/s1. The number of primary amides is 1. The van der Waals surface area contributed by atoms with Crippen LogP contribution in [0.25, 0.3) is 10.9 Å². The molecule has 1 aromatic heterocycles. The number of benzene rings is 3. The van der Waals surface area contributed by atoms with E-state index in [2.05, 4.69) is 31.6 Å². The molecular weight excluding hydrogens is 928 g/mol. The van der Waals surface area contributed by atoms with E-state index in [9.17, 15) is 71.3 Å². The number of para-hydroxylation sites is 1. The van der Waals surface area contributed by atoms with E-state index in [0.29, 0.717) is 16.5 Å². The lowest BCUT2D eigenvalue weighted by molar-refractivity contribution is -0.140. The van der Waals surface area contributed by atoms with Crippen molar-refractivity contribution in [1.29, 1.82) is 0 Å². The maximum atomic E-state index is 14.3. The van der Waals surface area contributed by atoms with Gasteiger partial charge in [-0.05, 0) is 65.8 Å². The Labute approximate surface area is 394 Å². The van der Waals surface area contributed by atoms with E-state index in [1.165, 1.54) is 36.4 Å². The van der Waals surface area contributed by atoms with Crippen LogP contribution in [0.4, 0.5) is 4.39 Å². The number of nitrogens with one attached hydrogen (secondary N) is 7. The van der Waals surface area contributed by atoms with Crippen molar-refractivity contribution in [3.05, 3.63) is 102 Å². The van der Waals surface area contributed by atoms with Crippen LogP contribution in [0.1, 0.15) is 68.6 Å². The minimum Gasteiger partial charge on any atom is -0.481 e. The first kappa shape index (κ1) is 53.9. The van der Waals surface area contributed by atoms with Crippen molar-refractivity contribution in [1.82, 2.24) is 36.3 Å². The molecule has 0 bridgehead atoms. The zero-order valence-electron chi connectivity index (χ0n) is 37.3. The molecule has 0 saturated carbocycles. The summed E-state index contributed by atoms with van der Waals surface area (Å²) in [5, 5.41) is 40.4. The predicted molar refractivity (Wildman–Crippen MR) is 243 cm³/mol. The van der Waals surface area contributed by atoms with Crippen LogP contribution in [0.2, 0.25) is 0 Å². The lowest BCUT2D eigenvalue weighted by atomic mass is 10.0. The summed E-state index contributed by atoms with van der Waals surface area (Å²) in [5.41, 5.74) is 7.62. The van der Waals surface area contributed by atoms with Crippen molar-refractivity contribution >= 4 is 74.3 Å². The van der Waals surface area contributed by atoms with E-state index in [0.717, 1.165) is 17.7 Å². The van der Waals surface area contributed by atoms with Crippen LogP contribution in [-0.4, -0.2) is 119 Å². The molecule has 0 aliphatic rings. The smallest absolute Gasteiger partial charge is 0.305 e. The number of amides is 6. The molecule has 0 unspecified atom stereocenters. The molecule has 22 nitrogen and oxygen atoms in total. The number of hydrogen-bond acceptors (Lipinski definition) is 11. The van der Waals surface area contributed by atoms with E-state index in [-0.39, 0.29) is 29.2 Å². The van der Waals surface area contributed by atoms with Gasteiger partial charge in [-0.1, -0.05) is 56.3 Å². The molecule has 0 radical (unpaired) electrons. The van der Waals surface area contributed by atoms with Crippen LogP contribution in [0.15, 0.2) is 83.9 Å². The summed E-state index contributed by atoms with van der Waals surface area (Å²) in [5.74, 6) is -11.5. The molecule has 4 rings (SSSR count). The van der Waals surface area contributed by atoms with Crippen LogP contribution >= 0.6 is 0 Å². The Balaban J connectivity index is 1.55. The van der Waals surface area contributed by atoms with Gasteiger partial charge in [-0.15, -0.1) is 0 Å². The fourth-order valence-corrected chi connectivity index (χ4v) is 8.13. The third-order valence-electron chi connectivity index (χ3n) is 10.6. The van der Waals surface area contributed by atoms with Gasteiger partial charge >= 0.3 is 17.9 Å². The Morgan fingerprint density at radius 2 is 1.25 bits per heavy atom. The fraction of sp³-hybridized carbons (Fsp3) is 0.356. The molecule has 12 N–H and O–H groups in total. The summed E-state index contributed by atoms with van der Waals surface area (Å²) < 4.78 is 42.8. The molecule has 0 fully saturated rings. The van der Waals surface area contributed by atoms with Crippen LogP contribution in [-0.2, 0) is 66.0 Å². The number of halogens is 1. The Morgan fingerprint density at radius 1 is 0.667 bits per heavy atom. The van der Waals surface area contributed by atoms with Gasteiger partial charge in [-0.2, -0.15) is 4.72 Å². The molecule has 0 saturated heterocycles. The van der Waals surface area contributed by atoms with Gasteiger partial charge in [0.15, 0.2) is 0 Å². The molecular formula is C45H53FN8O14S. The first-order valence-electron chi connectivity index (χ1n) is 21.4. The average Bonchev–Trinajstić information content (AvgIpc) is 3.69. The Hall–Kier alpha value is -7.73.